The molecule has 3 aromatic rings. The number of carboxylic acid groups (broad SMARTS) is 1. The third-order valence-corrected chi connectivity index (χ3v) is 6.24. The van der Waals surface area contributed by atoms with Crippen molar-refractivity contribution in [2.75, 3.05) is 19.7 Å². The van der Waals surface area contributed by atoms with Gasteiger partial charge in [0.25, 0.3) is 5.91 Å². The first-order chi connectivity index (χ1) is 16.3. The summed E-state index contributed by atoms with van der Waals surface area (Å²) in [6.45, 7) is 2.12. The quantitative estimate of drug-likeness (QED) is 0.434. The van der Waals surface area contributed by atoms with Crippen LogP contribution < -0.4 is 10.1 Å². The van der Waals surface area contributed by atoms with Crippen LogP contribution in [0.4, 0.5) is 9.18 Å². The molecule has 0 spiro atoms. The van der Waals surface area contributed by atoms with E-state index in [1.54, 1.807) is 13.0 Å². The van der Waals surface area contributed by atoms with E-state index in [0.717, 1.165) is 17.7 Å². The fourth-order valence-electron chi connectivity index (χ4n) is 4.23. The standard InChI is InChI=1S/C23H24FN5O5/c1-11-18(22(31)28-15-7-29(23(32)33)8-16(15)30)20-21(27-11)19(25-10-26-20)14-5-4-13(24)6-17(14)34-9-12-2-3-12/h4-6,10,12,15-16,27,30H,2-3,7-9H2,1H3,(H,28,31)(H,32,33)/t15-,16-/m1/s1. The first-order valence-electron chi connectivity index (χ1n) is 11.0. The fraction of sp³-hybridized carbons (Fsp3) is 0.391. The number of benzene rings is 1. The van der Waals surface area contributed by atoms with Crippen LogP contribution in [0.1, 0.15) is 28.9 Å². The van der Waals surface area contributed by atoms with Crippen LogP contribution in [0.5, 0.6) is 5.75 Å². The summed E-state index contributed by atoms with van der Waals surface area (Å²) in [4.78, 5) is 37.2. The molecule has 178 valence electrons. The summed E-state index contributed by atoms with van der Waals surface area (Å²) in [5, 5.41) is 22.0. The topological polar surface area (TPSA) is 141 Å². The molecule has 1 aliphatic heterocycles. The SMILES string of the molecule is Cc1[nH]c2c(-c3ccc(F)cc3OCC3CC3)ncnc2c1C(=O)N[C@@H]1CN(C(=O)O)C[C@H]1O. The largest absolute Gasteiger partial charge is 0.492 e. The second-order valence-corrected chi connectivity index (χ2v) is 8.80. The Balaban J connectivity index is 1.47. The van der Waals surface area contributed by atoms with Crippen molar-refractivity contribution in [3.8, 4) is 17.0 Å². The Labute approximate surface area is 193 Å². The number of amides is 2. The van der Waals surface area contributed by atoms with Crippen molar-refractivity contribution in [1.82, 2.24) is 25.2 Å². The lowest BCUT2D eigenvalue weighted by atomic mass is 10.1. The number of aliphatic hydroxyl groups is 1. The van der Waals surface area contributed by atoms with Gasteiger partial charge >= 0.3 is 6.09 Å². The molecule has 2 aliphatic rings. The maximum absolute atomic E-state index is 14.0. The predicted molar refractivity (Wildman–Crippen MR) is 119 cm³/mol. The van der Waals surface area contributed by atoms with E-state index in [0.29, 0.717) is 46.3 Å². The summed E-state index contributed by atoms with van der Waals surface area (Å²) in [5.41, 5.74) is 2.69. The molecule has 5 rings (SSSR count). The van der Waals surface area contributed by atoms with Crippen molar-refractivity contribution < 1.29 is 28.9 Å². The van der Waals surface area contributed by atoms with Crippen LogP contribution in [0.2, 0.25) is 0 Å². The highest BCUT2D eigenvalue weighted by molar-refractivity contribution is 6.09. The Kier molecular flexibility index (Phi) is 5.56. The molecule has 34 heavy (non-hydrogen) atoms. The predicted octanol–water partition coefficient (Wildman–Crippen LogP) is 2.31. The first-order valence-corrected chi connectivity index (χ1v) is 11.0. The number of halogens is 1. The zero-order chi connectivity index (χ0) is 24.0. The lowest BCUT2D eigenvalue weighted by Crippen LogP contribution is -2.43. The molecule has 11 heteroatoms. The van der Waals surface area contributed by atoms with Gasteiger partial charge in [-0.05, 0) is 37.8 Å². The van der Waals surface area contributed by atoms with Gasteiger partial charge in [0, 0.05) is 23.9 Å². The minimum Gasteiger partial charge on any atom is -0.492 e. The van der Waals surface area contributed by atoms with Gasteiger partial charge in [-0.15, -0.1) is 0 Å². The molecule has 4 N–H and O–H groups in total. The number of nitrogens with one attached hydrogen (secondary N) is 2. The Morgan fingerprint density at radius 1 is 1.29 bits per heavy atom. The number of aryl methyl sites for hydroxylation is 1. The molecule has 1 aliphatic carbocycles. The number of aliphatic hydroxyl groups excluding tert-OH is 1. The van der Waals surface area contributed by atoms with Crippen molar-refractivity contribution in [2.24, 2.45) is 5.92 Å². The Bertz CT molecular complexity index is 1270. The highest BCUT2D eigenvalue weighted by Gasteiger charge is 2.36. The molecule has 10 nitrogen and oxygen atoms in total. The van der Waals surface area contributed by atoms with Gasteiger partial charge in [0.2, 0.25) is 0 Å². The maximum atomic E-state index is 14.0. The Hall–Kier alpha value is -3.73. The van der Waals surface area contributed by atoms with Crippen molar-refractivity contribution in [3.05, 3.63) is 41.6 Å². The highest BCUT2D eigenvalue weighted by Crippen LogP contribution is 2.36. The third kappa shape index (κ3) is 4.14. The van der Waals surface area contributed by atoms with Crippen molar-refractivity contribution in [1.29, 1.82) is 0 Å². The number of nitrogens with zero attached hydrogens (tertiary/aromatic N) is 3. The normalized spacial score (nSPS) is 20.0. The van der Waals surface area contributed by atoms with Gasteiger partial charge in [0.05, 0.1) is 36.4 Å². The number of carbonyl (C=O) groups is 2. The number of carbonyl (C=O) groups excluding carboxylic acids is 1. The molecule has 0 bridgehead atoms. The molecule has 3 heterocycles. The lowest BCUT2D eigenvalue weighted by Gasteiger charge is -2.15. The minimum absolute atomic E-state index is 0.0127. The summed E-state index contributed by atoms with van der Waals surface area (Å²) in [6.07, 6.45) is 1.34. The molecule has 2 amide bonds. The van der Waals surface area contributed by atoms with E-state index in [1.807, 2.05) is 0 Å². The number of hydrogen-bond acceptors (Lipinski definition) is 6. The van der Waals surface area contributed by atoms with Gasteiger partial charge in [-0.1, -0.05) is 0 Å². The number of likely N-dealkylation sites (tertiary alicyclic amines) is 1. The molecule has 1 saturated heterocycles. The van der Waals surface area contributed by atoms with Crippen LogP contribution >= 0.6 is 0 Å². The summed E-state index contributed by atoms with van der Waals surface area (Å²) in [7, 11) is 0. The number of rotatable bonds is 6. The molecule has 0 radical (unpaired) electrons. The summed E-state index contributed by atoms with van der Waals surface area (Å²) >= 11 is 0. The number of hydrogen-bond donors (Lipinski definition) is 4. The number of β-amino-alcohol motifs (C(OH)–C–C–N with tert-alkyl or cyclic N) is 1. The van der Waals surface area contributed by atoms with Crippen LogP contribution in [0.3, 0.4) is 0 Å². The van der Waals surface area contributed by atoms with Crippen LogP contribution in [-0.2, 0) is 0 Å². The number of ether oxygens (including phenoxy) is 1. The molecular formula is C23H24FN5O5. The molecule has 2 atom stereocenters. The number of aromatic nitrogens is 3. The first kappa shape index (κ1) is 22.1. The molecular weight excluding hydrogens is 445 g/mol. The summed E-state index contributed by atoms with van der Waals surface area (Å²) < 4.78 is 19.8. The van der Waals surface area contributed by atoms with E-state index in [9.17, 15) is 19.1 Å². The molecule has 1 aromatic carbocycles. The average molecular weight is 469 g/mol. The average Bonchev–Trinajstić information content (AvgIpc) is 3.46. The van der Waals surface area contributed by atoms with Crippen molar-refractivity contribution in [2.45, 2.75) is 31.9 Å². The van der Waals surface area contributed by atoms with Gasteiger partial charge in [-0.25, -0.2) is 19.2 Å². The van der Waals surface area contributed by atoms with Gasteiger partial charge in [0.15, 0.2) is 0 Å². The van der Waals surface area contributed by atoms with E-state index in [1.165, 1.54) is 18.5 Å². The van der Waals surface area contributed by atoms with Crippen molar-refractivity contribution >= 4 is 23.0 Å². The second kappa shape index (κ2) is 8.56. The zero-order valence-corrected chi connectivity index (χ0v) is 18.4. The van der Waals surface area contributed by atoms with E-state index >= 15 is 0 Å². The maximum Gasteiger partial charge on any atom is 0.407 e. The molecule has 0 unspecified atom stereocenters. The molecule has 1 saturated carbocycles. The number of H-pyrrole nitrogens is 1. The Morgan fingerprint density at radius 3 is 2.79 bits per heavy atom. The molecule has 2 fully saturated rings. The van der Waals surface area contributed by atoms with E-state index < -0.39 is 30.0 Å². The van der Waals surface area contributed by atoms with E-state index in [4.69, 9.17) is 9.84 Å². The van der Waals surface area contributed by atoms with Crippen molar-refractivity contribution in [3.63, 3.8) is 0 Å². The van der Waals surface area contributed by atoms with Crippen LogP contribution in [0.25, 0.3) is 22.3 Å². The fourth-order valence-corrected chi connectivity index (χ4v) is 4.23. The molecule has 2 aromatic heterocycles. The van der Waals surface area contributed by atoms with E-state index in [2.05, 4.69) is 20.3 Å². The Morgan fingerprint density at radius 2 is 2.09 bits per heavy atom. The minimum atomic E-state index is -1.16. The summed E-state index contributed by atoms with van der Waals surface area (Å²) in [6, 6.07) is 3.50. The second-order valence-electron chi connectivity index (χ2n) is 8.80. The number of aromatic amines is 1. The van der Waals surface area contributed by atoms with E-state index in [-0.39, 0.29) is 18.7 Å². The van der Waals surface area contributed by atoms with Gasteiger partial charge < -0.3 is 30.2 Å². The van der Waals surface area contributed by atoms with Crippen LogP contribution in [0.15, 0.2) is 24.5 Å². The van der Waals surface area contributed by atoms with Gasteiger partial charge in [-0.2, -0.15) is 0 Å². The monoisotopic (exact) mass is 469 g/mol. The smallest absolute Gasteiger partial charge is 0.407 e. The highest BCUT2D eigenvalue weighted by atomic mass is 19.1. The van der Waals surface area contributed by atoms with Gasteiger partial charge in [0.1, 0.15) is 29.1 Å². The summed E-state index contributed by atoms with van der Waals surface area (Å²) in [5.74, 6) is -0.0670. The van der Waals surface area contributed by atoms with Gasteiger partial charge in [-0.3, -0.25) is 4.79 Å². The third-order valence-electron chi connectivity index (χ3n) is 6.24. The van der Waals surface area contributed by atoms with Crippen LogP contribution in [-0.4, -0.2) is 73.9 Å². The number of fused-ring (bicyclic) bond motifs is 1. The van der Waals surface area contributed by atoms with Crippen LogP contribution in [0, 0.1) is 18.7 Å². The lowest BCUT2D eigenvalue weighted by molar-refractivity contribution is 0.0889. The zero-order valence-electron chi connectivity index (χ0n) is 18.4.